The van der Waals surface area contributed by atoms with Crippen LogP contribution in [0.25, 0.3) is 11.0 Å². The smallest absolute Gasteiger partial charge is 0.324 e. The van der Waals surface area contributed by atoms with Crippen LogP contribution in [0.1, 0.15) is 35.3 Å². The van der Waals surface area contributed by atoms with Crippen molar-refractivity contribution in [3.05, 3.63) is 69.1 Å². The average molecular weight is 403 g/mol. The quantitative estimate of drug-likeness (QED) is 0.698. The van der Waals surface area contributed by atoms with Gasteiger partial charge in [0.05, 0.1) is 11.0 Å². The first-order chi connectivity index (χ1) is 13.5. The van der Waals surface area contributed by atoms with Crippen LogP contribution >= 0.6 is 0 Å². The Morgan fingerprint density at radius 3 is 2.28 bits per heavy atom. The number of hydrogen-bond donors (Lipinski definition) is 1. The number of para-hydroxylation sites is 2. The summed E-state index contributed by atoms with van der Waals surface area (Å²) in [5.74, 6) is -0.591. The lowest BCUT2D eigenvalue weighted by Gasteiger charge is -2.20. The van der Waals surface area contributed by atoms with Crippen molar-refractivity contribution in [2.45, 2.75) is 39.9 Å². The van der Waals surface area contributed by atoms with Crippen LogP contribution < -0.4 is 10.9 Å². The number of rotatable bonds is 3. The van der Waals surface area contributed by atoms with Gasteiger partial charge in [0.15, 0.2) is 0 Å². The van der Waals surface area contributed by atoms with Gasteiger partial charge in [-0.15, -0.1) is 0 Å². The van der Waals surface area contributed by atoms with Crippen LogP contribution in [-0.2, 0) is 11.0 Å². The molecule has 1 heterocycles. The lowest BCUT2D eigenvalue weighted by atomic mass is 10.0. The predicted octanol–water partition coefficient (Wildman–Crippen LogP) is 4.54. The van der Waals surface area contributed by atoms with E-state index in [2.05, 4.69) is 10.3 Å². The molecule has 2 aromatic carbocycles. The molecule has 152 valence electrons. The maximum Gasteiger partial charge on any atom is 0.438 e. The van der Waals surface area contributed by atoms with Crippen LogP contribution in [0.2, 0.25) is 0 Å². The van der Waals surface area contributed by atoms with Crippen LogP contribution in [0.5, 0.6) is 0 Å². The molecule has 0 aliphatic carbocycles. The molecule has 0 bridgehead atoms. The second-order valence-electron chi connectivity index (χ2n) is 7.06. The highest BCUT2D eigenvalue weighted by Gasteiger charge is 2.38. The molecule has 1 N–H and O–H groups in total. The normalized spacial score (nSPS) is 12.8. The molecule has 0 saturated heterocycles. The first kappa shape index (κ1) is 20.6. The molecule has 0 spiro atoms. The average Bonchev–Trinajstić information content (AvgIpc) is 2.62. The van der Waals surface area contributed by atoms with Gasteiger partial charge in [-0.25, -0.2) is 4.98 Å². The van der Waals surface area contributed by atoms with Crippen molar-refractivity contribution in [3.8, 4) is 0 Å². The maximum atomic E-state index is 13.3. The molecular weight excluding hydrogens is 383 g/mol. The molecule has 0 fully saturated rings. The van der Waals surface area contributed by atoms with Crippen LogP contribution in [0.4, 0.5) is 18.9 Å². The van der Waals surface area contributed by atoms with Crippen LogP contribution in [0.3, 0.4) is 0 Å². The number of nitrogens with zero attached hydrogens (tertiary/aromatic N) is 2. The summed E-state index contributed by atoms with van der Waals surface area (Å²) in [4.78, 5) is 29.0. The van der Waals surface area contributed by atoms with Crippen molar-refractivity contribution >= 4 is 22.6 Å². The van der Waals surface area contributed by atoms with Gasteiger partial charge in [0.1, 0.15) is 6.04 Å². The highest BCUT2D eigenvalue weighted by Crippen LogP contribution is 2.28. The molecule has 3 rings (SSSR count). The Morgan fingerprint density at radius 1 is 1.10 bits per heavy atom. The number of aryl methyl sites for hydroxylation is 3. The van der Waals surface area contributed by atoms with Crippen LogP contribution in [0, 0.1) is 20.8 Å². The standard InChI is InChI=1S/C21H20F3N3O2/c1-11-9-12(2)17(13(3)10-11)26-19(28)14(4)27-16-8-6-5-7-15(16)25-18(20(27)29)21(22,23)24/h5-10,14H,1-4H3,(H,26,28)/t14-/m0/s1. The van der Waals surface area contributed by atoms with Gasteiger partial charge < -0.3 is 5.32 Å². The fourth-order valence-electron chi connectivity index (χ4n) is 3.45. The SMILES string of the molecule is Cc1cc(C)c(NC(=O)[C@H](C)n2c(=O)c(C(F)(F)F)nc3ccccc32)c(C)c1. The monoisotopic (exact) mass is 403 g/mol. The zero-order chi connectivity index (χ0) is 21.5. The van der Waals surface area contributed by atoms with E-state index in [4.69, 9.17) is 0 Å². The number of nitrogens with one attached hydrogen (secondary N) is 1. The first-order valence-electron chi connectivity index (χ1n) is 8.98. The Kier molecular flexibility index (Phi) is 5.21. The fraction of sp³-hybridized carbons (Fsp3) is 0.286. The highest BCUT2D eigenvalue weighted by molar-refractivity contribution is 5.95. The number of fused-ring (bicyclic) bond motifs is 1. The topological polar surface area (TPSA) is 64.0 Å². The van der Waals surface area contributed by atoms with Crippen molar-refractivity contribution in [3.63, 3.8) is 0 Å². The van der Waals surface area contributed by atoms with Gasteiger partial charge in [-0.1, -0.05) is 29.8 Å². The first-order valence-corrected chi connectivity index (χ1v) is 8.98. The Morgan fingerprint density at radius 2 is 1.69 bits per heavy atom. The molecule has 1 aromatic heterocycles. The molecule has 8 heteroatoms. The molecule has 3 aromatic rings. The summed E-state index contributed by atoms with van der Waals surface area (Å²) in [5, 5.41) is 2.75. The summed E-state index contributed by atoms with van der Waals surface area (Å²) in [6.07, 6.45) is -4.93. The lowest BCUT2D eigenvalue weighted by molar-refractivity contribution is -0.142. The summed E-state index contributed by atoms with van der Waals surface area (Å²) in [6.45, 7) is 6.98. The minimum atomic E-state index is -4.93. The Balaban J connectivity index is 2.12. The van der Waals surface area contributed by atoms with Crippen LogP contribution in [-0.4, -0.2) is 15.5 Å². The Bertz CT molecular complexity index is 1140. The summed E-state index contributed by atoms with van der Waals surface area (Å²) in [5.41, 5.74) is 0.506. The van der Waals surface area contributed by atoms with Crippen LogP contribution in [0.15, 0.2) is 41.2 Å². The molecule has 1 amide bonds. The minimum absolute atomic E-state index is 0.0122. The molecule has 0 unspecified atom stereocenters. The number of amides is 1. The molecule has 29 heavy (non-hydrogen) atoms. The summed E-state index contributed by atoms with van der Waals surface area (Å²) >= 11 is 0. The van der Waals surface area contributed by atoms with Gasteiger partial charge in [-0.3, -0.25) is 14.2 Å². The largest absolute Gasteiger partial charge is 0.438 e. The third-order valence-corrected chi connectivity index (χ3v) is 4.76. The number of anilines is 1. The summed E-state index contributed by atoms with van der Waals surface area (Å²) in [6, 6.07) is 8.54. The minimum Gasteiger partial charge on any atom is -0.324 e. The second kappa shape index (κ2) is 7.35. The lowest BCUT2D eigenvalue weighted by Crippen LogP contribution is -2.36. The molecule has 5 nitrogen and oxygen atoms in total. The number of benzene rings is 2. The van der Waals surface area contributed by atoms with E-state index in [1.807, 2.05) is 32.9 Å². The molecule has 0 saturated carbocycles. The number of hydrogen-bond acceptors (Lipinski definition) is 3. The fourth-order valence-corrected chi connectivity index (χ4v) is 3.45. The third-order valence-electron chi connectivity index (χ3n) is 4.76. The molecule has 1 atom stereocenters. The zero-order valence-electron chi connectivity index (χ0n) is 16.4. The van der Waals surface area contributed by atoms with E-state index >= 15 is 0 Å². The van der Waals surface area contributed by atoms with E-state index in [0.29, 0.717) is 5.69 Å². The van der Waals surface area contributed by atoms with Gasteiger partial charge >= 0.3 is 6.18 Å². The summed E-state index contributed by atoms with van der Waals surface area (Å²) < 4.78 is 40.9. The summed E-state index contributed by atoms with van der Waals surface area (Å²) in [7, 11) is 0. The number of halogens is 3. The zero-order valence-corrected chi connectivity index (χ0v) is 16.4. The van der Waals surface area contributed by atoms with Crippen molar-refractivity contribution in [1.29, 1.82) is 0 Å². The number of carbonyl (C=O) groups is 1. The van der Waals surface area contributed by atoms with Gasteiger partial charge in [-0.2, -0.15) is 13.2 Å². The van der Waals surface area contributed by atoms with E-state index in [0.717, 1.165) is 21.3 Å². The van der Waals surface area contributed by atoms with E-state index in [9.17, 15) is 22.8 Å². The van der Waals surface area contributed by atoms with Crippen molar-refractivity contribution < 1.29 is 18.0 Å². The van der Waals surface area contributed by atoms with Gasteiger partial charge in [0, 0.05) is 5.69 Å². The number of aromatic nitrogens is 2. The Labute approximate surface area is 165 Å². The van der Waals surface area contributed by atoms with Crippen molar-refractivity contribution in [2.75, 3.05) is 5.32 Å². The van der Waals surface area contributed by atoms with Crippen molar-refractivity contribution in [2.24, 2.45) is 0 Å². The number of alkyl halides is 3. The maximum absolute atomic E-state index is 13.3. The molecule has 0 aliphatic rings. The molecular formula is C21H20F3N3O2. The van der Waals surface area contributed by atoms with Gasteiger partial charge in [0.25, 0.3) is 5.56 Å². The highest BCUT2D eigenvalue weighted by atomic mass is 19.4. The van der Waals surface area contributed by atoms with E-state index in [1.165, 1.54) is 25.1 Å². The second-order valence-corrected chi connectivity index (χ2v) is 7.06. The Hall–Kier alpha value is -3.16. The van der Waals surface area contributed by atoms with Gasteiger partial charge in [0.2, 0.25) is 11.6 Å². The van der Waals surface area contributed by atoms with E-state index in [1.54, 1.807) is 6.07 Å². The molecule has 0 aliphatic heterocycles. The third kappa shape index (κ3) is 3.87. The van der Waals surface area contributed by atoms with E-state index < -0.39 is 29.4 Å². The van der Waals surface area contributed by atoms with Gasteiger partial charge in [-0.05, 0) is 51.0 Å². The molecule has 0 radical (unpaired) electrons. The van der Waals surface area contributed by atoms with Crippen molar-refractivity contribution in [1.82, 2.24) is 9.55 Å². The van der Waals surface area contributed by atoms with E-state index in [-0.39, 0.29) is 11.0 Å². The number of carbonyl (C=O) groups excluding carboxylic acids is 1. The predicted molar refractivity (Wildman–Crippen MR) is 105 cm³/mol.